The first kappa shape index (κ1) is 15.8. The summed E-state index contributed by atoms with van der Waals surface area (Å²) in [4.78, 5) is 0. The van der Waals surface area contributed by atoms with Gasteiger partial charge in [0, 0.05) is 18.6 Å². The largest absolute Gasteiger partial charge is 0.377 e. The fourth-order valence-corrected chi connectivity index (χ4v) is 3.41. The number of aromatic nitrogens is 3. The lowest BCUT2D eigenvalue weighted by Gasteiger charge is -2.10. The minimum absolute atomic E-state index is 0.437. The van der Waals surface area contributed by atoms with Gasteiger partial charge in [-0.15, -0.1) is 10.2 Å². The van der Waals surface area contributed by atoms with Gasteiger partial charge in [0.2, 0.25) is 0 Å². The molecule has 2 aromatic carbocycles. The van der Waals surface area contributed by atoms with E-state index >= 15 is 0 Å². The van der Waals surface area contributed by atoms with E-state index < -0.39 is 0 Å². The molecule has 0 atom stereocenters. The van der Waals surface area contributed by atoms with Crippen molar-refractivity contribution in [3.8, 4) is 5.69 Å². The summed E-state index contributed by atoms with van der Waals surface area (Å²) < 4.78 is 7.31. The first-order valence-electron chi connectivity index (χ1n) is 7.45. The van der Waals surface area contributed by atoms with Crippen LogP contribution in [0, 0.1) is 6.92 Å². The van der Waals surface area contributed by atoms with Crippen molar-refractivity contribution in [2.45, 2.75) is 24.4 Å². The monoisotopic (exact) mass is 325 g/mol. The average Bonchev–Trinajstić information content (AvgIpc) is 2.98. The van der Waals surface area contributed by atoms with E-state index in [1.165, 1.54) is 11.1 Å². The molecule has 0 aliphatic rings. The number of rotatable bonds is 6. The first-order valence-corrected chi connectivity index (χ1v) is 8.44. The summed E-state index contributed by atoms with van der Waals surface area (Å²) in [6.07, 6.45) is 0. The number of aryl methyl sites for hydroxylation is 1. The minimum Gasteiger partial charge on any atom is -0.377 e. The van der Waals surface area contributed by atoms with Gasteiger partial charge in [0.1, 0.15) is 6.61 Å². The molecule has 1 aromatic heterocycles. The van der Waals surface area contributed by atoms with E-state index in [9.17, 15) is 0 Å². The van der Waals surface area contributed by atoms with E-state index in [1.54, 1.807) is 18.9 Å². The molecule has 1 heterocycles. The molecule has 0 amide bonds. The zero-order valence-electron chi connectivity index (χ0n) is 13.3. The molecular weight excluding hydrogens is 306 g/mol. The number of para-hydroxylation sites is 1. The van der Waals surface area contributed by atoms with Gasteiger partial charge in [-0.3, -0.25) is 4.57 Å². The molecule has 0 spiro atoms. The van der Waals surface area contributed by atoms with Gasteiger partial charge >= 0.3 is 0 Å². The quantitative estimate of drug-likeness (QED) is 0.642. The zero-order valence-corrected chi connectivity index (χ0v) is 14.1. The van der Waals surface area contributed by atoms with Crippen molar-refractivity contribution < 1.29 is 4.74 Å². The van der Waals surface area contributed by atoms with Gasteiger partial charge in [0.05, 0.1) is 0 Å². The Bertz CT molecular complexity index is 771. The lowest BCUT2D eigenvalue weighted by Crippen LogP contribution is -2.03. The van der Waals surface area contributed by atoms with Crippen molar-refractivity contribution in [2.75, 3.05) is 7.11 Å². The summed E-state index contributed by atoms with van der Waals surface area (Å²) in [5.74, 6) is 1.68. The molecule has 0 aliphatic heterocycles. The fourth-order valence-electron chi connectivity index (χ4n) is 2.37. The summed E-state index contributed by atoms with van der Waals surface area (Å²) >= 11 is 1.69. The Labute approximate surface area is 140 Å². The number of methoxy groups -OCH3 is 1. The average molecular weight is 325 g/mol. The van der Waals surface area contributed by atoms with E-state index in [4.69, 9.17) is 4.74 Å². The molecule has 0 radical (unpaired) electrons. The van der Waals surface area contributed by atoms with Gasteiger partial charge in [-0.2, -0.15) is 0 Å². The van der Waals surface area contributed by atoms with Crippen LogP contribution in [-0.4, -0.2) is 21.9 Å². The number of hydrogen-bond donors (Lipinski definition) is 0. The van der Waals surface area contributed by atoms with Gasteiger partial charge in [-0.1, -0.05) is 54.2 Å². The number of benzene rings is 2. The third kappa shape index (κ3) is 3.63. The molecule has 4 nitrogen and oxygen atoms in total. The normalized spacial score (nSPS) is 10.9. The molecule has 0 bridgehead atoms. The molecule has 3 rings (SSSR count). The molecule has 0 unspecified atom stereocenters. The van der Waals surface area contributed by atoms with E-state index in [-0.39, 0.29) is 0 Å². The third-order valence-corrected chi connectivity index (χ3v) is 4.58. The van der Waals surface area contributed by atoms with Crippen molar-refractivity contribution in [1.82, 2.24) is 14.8 Å². The molecular formula is C18H19N3OS. The Hall–Kier alpha value is -2.11. The van der Waals surface area contributed by atoms with E-state index in [0.29, 0.717) is 6.61 Å². The van der Waals surface area contributed by atoms with Crippen LogP contribution in [0.5, 0.6) is 0 Å². The van der Waals surface area contributed by atoms with Crippen LogP contribution in [0.3, 0.4) is 0 Å². The second-order valence-electron chi connectivity index (χ2n) is 5.22. The van der Waals surface area contributed by atoms with Crippen LogP contribution in [0.4, 0.5) is 0 Å². The first-order chi connectivity index (χ1) is 11.3. The molecule has 3 aromatic rings. The Morgan fingerprint density at radius 3 is 2.48 bits per heavy atom. The highest BCUT2D eigenvalue weighted by Crippen LogP contribution is 2.26. The molecule has 0 saturated heterocycles. The Balaban J connectivity index is 1.89. The van der Waals surface area contributed by atoms with Gasteiger partial charge in [-0.05, 0) is 30.2 Å². The van der Waals surface area contributed by atoms with Crippen LogP contribution in [0.25, 0.3) is 5.69 Å². The Kier molecular flexibility index (Phi) is 5.10. The molecule has 118 valence electrons. The highest BCUT2D eigenvalue weighted by atomic mass is 32.2. The highest BCUT2D eigenvalue weighted by Gasteiger charge is 2.14. The summed E-state index contributed by atoms with van der Waals surface area (Å²) in [5, 5.41) is 9.52. The van der Waals surface area contributed by atoms with Crippen LogP contribution >= 0.6 is 11.8 Å². The SMILES string of the molecule is COCc1nnc(SCc2ccccc2C)n1-c1ccccc1. The predicted molar refractivity (Wildman–Crippen MR) is 92.8 cm³/mol. The van der Waals surface area contributed by atoms with Gasteiger partial charge in [0.15, 0.2) is 11.0 Å². The van der Waals surface area contributed by atoms with Gasteiger partial charge in [0.25, 0.3) is 0 Å². The molecule has 23 heavy (non-hydrogen) atoms. The van der Waals surface area contributed by atoms with Gasteiger partial charge < -0.3 is 4.74 Å². The molecule has 0 N–H and O–H groups in total. The highest BCUT2D eigenvalue weighted by molar-refractivity contribution is 7.98. The Morgan fingerprint density at radius 1 is 1.00 bits per heavy atom. The maximum Gasteiger partial charge on any atom is 0.196 e. The van der Waals surface area contributed by atoms with Crippen LogP contribution < -0.4 is 0 Å². The number of nitrogens with zero attached hydrogens (tertiary/aromatic N) is 3. The fraction of sp³-hybridized carbons (Fsp3) is 0.222. The molecule has 5 heteroatoms. The van der Waals surface area contributed by atoms with Crippen molar-refractivity contribution >= 4 is 11.8 Å². The van der Waals surface area contributed by atoms with Crippen LogP contribution in [0.1, 0.15) is 17.0 Å². The summed E-state index contributed by atoms with van der Waals surface area (Å²) in [6.45, 7) is 2.57. The van der Waals surface area contributed by atoms with Crippen LogP contribution in [0.2, 0.25) is 0 Å². The smallest absolute Gasteiger partial charge is 0.196 e. The standard InChI is InChI=1S/C18H19N3OS/c1-14-8-6-7-9-15(14)13-23-18-20-19-17(12-22-2)21(18)16-10-4-3-5-11-16/h3-11H,12-13H2,1-2H3. The maximum atomic E-state index is 5.25. The zero-order chi connectivity index (χ0) is 16.1. The number of ether oxygens (including phenoxy) is 1. The minimum atomic E-state index is 0.437. The van der Waals surface area contributed by atoms with Crippen LogP contribution in [-0.2, 0) is 17.1 Å². The Morgan fingerprint density at radius 2 is 1.74 bits per heavy atom. The van der Waals surface area contributed by atoms with Gasteiger partial charge in [-0.25, -0.2) is 0 Å². The van der Waals surface area contributed by atoms with E-state index in [0.717, 1.165) is 22.4 Å². The molecule has 0 aliphatic carbocycles. The third-order valence-electron chi connectivity index (χ3n) is 3.61. The number of hydrogen-bond acceptors (Lipinski definition) is 4. The lowest BCUT2D eigenvalue weighted by molar-refractivity contribution is 0.176. The van der Waals surface area contributed by atoms with E-state index in [2.05, 4.69) is 58.1 Å². The van der Waals surface area contributed by atoms with E-state index in [1.807, 2.05) is 18.2 Å². The lowest BCUT2D eigenvalue weighted by atomic mass is 10.1. The topological polar surface area (TPSA) is 39.9 Å². The molecule has 0 fully saturated rings. The summed E-state index contributed by atoms with van der Waals surface area (Å²) in [5.41, 5.74) is 3.66. The van der Waals surface area contributed by atoms with Crippen LogP contribution in [0.15, 0.2) is 59.8 Å². The summed E-state index contributed by atoms with van der Waals surface area (Å²) in [7, 11) is 1.67. The second kappa shape index (κ2) is 7.44. The van der Waals surface area contributed by atoms with Crippen molar-refractivity contribution in [1.29, 1.82) is 0 Å². The van der Waals surface area contributed by atoms with Crippen molar-refractivity contribution in [3.63, 3.8) is 0 Å². The molecule has 0 saturated carbocycles. The van der Waals surface area contributed by atoms with Crippen molar-refractivity contribution in [2.24, 2.45) is 0 Å². The number of thioether (sulfide) groups is 1. The maximum absolute atomic E-state index is 5.25. The van der Waals surface area contributed by atoms with Crippen molar-refractivity contribution in [3.05, 3.63) is 71.5 Å². The second-order valence-corrected chi connectivity index (χ2v) is 6.16. The summed E-state index contributed by atoms with van der Waals surface area (Å²) in [6, 6.07) is 18.6. The predicted octanol–water partition coefficient (Wildman–Crippen LogP) is 4.01.